The number of pyridine rings is 1. The van der Waals surface area contributed by atoms with E-state index in [4.69, 9.17) is 18.4 Å². The zero-order valence-corrected chi connectivity index (χ0v) is 19.9. The van der Waals surface area contributed by atoms with E-state index in [0.29, 0.717) is 17.2 Å². The molecule has 4 aromatic heterocycles. The topological polar surface area (TPSA) is 131 Å². The summed E-state index contributed by atoms with van der Waals surface area (Å²) in [6.07, 6.45) is 8.26. The third kappa shape index (κ3) is 3.93. The third-order valence-corrected chi connectivity index (χ3v) is 4.90. The summed E-state index contributed by atoms with van der Waals surface area (Å²) in [4.78, 5) is 27.8. The van der Waals surface area contributed by atoms with Gasteiger partial charge in [-0.2, -0.15) is 0 Å². The van der Waals surface area contributed by atoms with Crippen LogP contribution in [-0.2, 0) is 26.5 Å². The molecule has 0 N–H and O–H groups in total. The minimum Gasteiger partial charge on any atom is -0.401 e. The van der Waals surface area contributed by atoms with Crippen molar-refractivity contribution in [1.82, 2.24) is 34.1 Å². The van der Waals surface area contributed by atoms with Crippen LogP contribution in [0.3, 0.4) is 0 Å². The van der Waals surface area contributed by atoms with Crippen molar-refractivity contribution in [1.29, 1.82) is 10.5 Å². The monoisotopic (exact) mass is 624 g/mol. The summed E-state index contributed by atoms with van der Waals surface area (Å²) < 4.78 is 2.62. The number of aromatic nitrogens is 7. The Balaban J connectivity index is 0.00000324. The standard InChI is InChI=1S/C22H11N11.Pt/c1-22(2,16-6-5-7-18(30-16)33-13-29-20(25-3)21(33)26-4)17-10-27-11-19(31-17)32-12-28-14(8-23)15(32)9-24;/h5-7,10-11H,1-2H3;/q-2;+2. The van der Waals surface area contributed by atoms with Gasteiger partial charge in [0, 0.05) is 35.5 Å². The molecule has 0 fully saturated rings. The summed E-state index contributed by atoms with van der Waals surface area (Å²) in [5, 5.41) is 18.5. The molecular weight excluding hydrogens is 613 g/mol. The Kier molecular flexibility index (Phi) is 6.64. The molecule has 11 nitrogen and oxygen atoms in total. The zero-order valence-electron chi connectivity index (χ0n) is 17.6. The molecule has 34 heavy (non-hydrogen) atoms. The summed E-state index contributed by atoms with van der Waals surface area (Å²) in [5.74, 6) is 0.646. The van der Waals surface area contributed by atoms with Crippen LogP contribution in [0.15, 0.2) is 30.6 Å². The van der Waals surface area contributed by atoms with Crippen LogP contribution in [0.1, 0.15) is 36.6 Å². The first-order valence-corrected chi connectivity index (χ1v) is 9.31. The van der Waals surface area contributed by atoms with E-state index < -0.39 is 5.41 Å². The first-order chi connectivity index (χ1) is 15.9. The molecule has 0 aliphatic carbocycles. The Hall–Kier alpha value is -4.70. The van der Waals surface area contributed by atoms with Crippen LogP contribution in [0.5, 0.6) is 0 Å². The number of nitrogens with zero attached hydrogens (tertiary/aromatic N) is 11. The van der Waals surface area contributed by atoms with Gasteiger partial charge in [0.1, 0.15) is 5.82 Å². The summed E-state index contributed by atoms with van der Waals surface area (Å²) in [7, 11) is 0. The minimum atomic E-state index is -0.744. The molecule has 12 heteroatoms. The second kappa shape index (κ2) is 9.43. The van der Waals surface area contributed by atoms with Crippen LogP contribution in [0.25, 0.3) is 21.3 Å². The molecule has 0 aromatic carbocycles. The van der Waals surface area contributed by atoms with Gasteiger partial charge in [-0.05, 0) is 26.0 Å². The molecule has 4 heterocycles. The maximum absolute atomic E-state index is 9.40. The van der Waals surface area contributed by atoms with Crippen LogP contribution < -0.4 is 0 Å². The van der Waals surface area contributed by atoms with Crippen LogP contribution in [0.2, 0.25) is 0 Å². The van der Waals surface area contributed by atoms with Crippen molar-refractivity contribution in [2.24, 2.45) is 0 Å². The van der Waals surface area contributed by atoms with Crippen molar-refractivity contribution in [2.75, 3.05) is 0 Å². The van der Waals surface area contributed by atoms with Crippen LogP contribution in [-0.4, -0.2) is 34.1 Å². The van der Waals surface area contributed by atoms with Crippen molar-refractivity contribution in [3.05, 3.63) is 88.9 Å². The molecule has 4 rings (SSSR count). The van der Waals surface area contributed by atoms with Crippen molar-refractivity contribution >= 4 is 11.6 Å². The Morgan fingerprint density at radius 3 is 2.35 bits per heavy atom. The van der Waals surface area contributed by atoms with Gasteiger partial charge < -0.3 is 19.2 Å². The largest absolute Gasteiger partial charge is 2.00 e. The molecule has 0 aliphatic heterocycles. The predicted octanol–water partition coefficient (Wildman–Crippen LogP) is 3.01. The molecule has 0 unspecified atom stereocenters. The quantitative estimate of drug-likeness (QED) is 0.319. The molecule has 0 radical (unpaired) electrons. The van der Waals surface area contributed by atoms with Gasteiger partial charge in [0.05, 0.1) is 29.3 Å². The van der Waals surface area contributed by atoms with Gasteiger partial charge in [-0.15, -0.1) is 0 Å². The average Bonchev–Trinajstić information content (AvgIpc) is 3.47. The smallest absolute Gasteiger partial charge is 0.401 e. The van der Waals surface area contributed by atoms with Crippen molar-refractivity contribution in [3.8, 4) is 23.8 Å². The molecule has 0 spiro atoms. The van der Waals surface area contributed by atoms with E-state index in [9.17, 15) is 5.26 Å². The maximum atomic E-state index is 9.40. The van der Waals surface area contributed by atoms with Gasteiger partial charge in [0.2, 0.25) is 0 Å². The summed E-state index contributed by atoms with van der Waals surface area (Å²) in [5.41, 5.74) is 0.369. The second-order valence-electron chi connectivity index (χ2n) is 7.15. The Morgan fingerprint density at radius 1 is 0.941 bits per heavy atom. The molecule has 0 atom stereocenters. The van der Waals surface area contributed by atoms with E-state index in [1.165, 1.54) is 15.3 Å². The van der Waals surface area contributed by atoms with E-state index in [1.54, 1.807) is 24.4 Å². The minimum absolute atomic E-state index is 0. The fraction of sp³-hybridized carbons (Fsp3) is 0.136. The number of hydrogen-bond donors (Lipinski definition) is 0. The second-order valence-corrected chi connectivity index (χ2v) is 7.15. The first kappa shape index (κ1) is 24.0. The van der Waals surface area contributed by atoms with Gasteiger partial charge in [-0.3, -0.25) is 19.5 Å². The summed E-state index contributed by atoms with van der Waals surface area (Å²) >= 11 is 0. The van der Waals surface area contributed by atoms with Gasteiger partial charge in [-0.25, -0.2) is 10.5 Å². The van der Waals surface area contributed by atoms with Crippen molar-refractivity contribution in [3.63, 3.8) is 0 Å². The van der Waals surface area contributed by atoms with E-state index in [1.807, 2.05) is 26.0 Å². The first-order valence-electron chi connectivity index (χ1n) is 9.31. The fourth-order valence-corrected chi connectivity index (χ4v) is 3.08. The SMILES string of the molecule is [C-]#[N+]c1n[c-]n(-c2cccc(C(C)(C)c3cncc(-n4[c-]nc(C#N)c4C#N)n3)n2)c1[N+]#[C-].[Pt+2]. The molecule has 164 valence electrons. The average molecular weight is 624 g/mol. The number of hydrogen-bond acceptors (Lipinski definition) is 7. The maximum Gasteiger partial charge on any atom is 2.00 e. The number of rotatable bonds is 4. The van der Waals surface area contributed by atoms with Crippen LogP contribution in [0.4, 0.5) is 11.6 Å². The van der Waals surface area contributed by atoms with E-state index in [-0.39, 0.29) is 49.9 Å². The Morgan fingerprint density at radius 2 is 1.68 bits per heavy atom. The van der Waals surface area contributed by atoms with Crippen molar-refractivity contribution < 1.29 is 21.1 Å². The van der Waals surface area contributed by atoms with Gasteiger partial charge in [0.25, 0.3) is 12.1 Å². The van der Waals surface area contributed by atoms with E-state index in [0.717, 1.165) is 0 Å². The van der Waals surface area contributed by atoms with Gasteiger partial charge >= 0.3 is 26.9 Å². The Labute approximate surface area is 208 Å². The normalized spacial score (nSPS) is 10.3. The van der Waals surface area contributed by atoms with Gasteiger partial charge in [-0.1, -0.05) is 24.2 Å². The molecule has 0 amide bonds. The molecular formula is C22H11N11Pt. The van der Waals surface area contributed by atoms with E-state index >= 15 is 0 Å². The fourth-order valence-electron chi connectivity index (χ4n) is 3.08. The van der Waals surface area contributed by atoms with Crippen LogP contribution >= 0.6 is 0 Å². The Bertz CT molecular complexity index is 1440. The van der Waals surface area contributed by atoms with Crippen molar-refractivity contribution in [2.45, 2.75) is 19.3 Å². The summed E-state index contributed by atoms with van der Waals surface area (Å²) in [6, 6.07) is 9.05. The molecule has 4 aromatic rings. The molecule has 0 saturated heterocycles. The third-order valence-electron chi connectivity index (χ3n) is 4.90. The molecule has 0 bridgehead atoms. The summed E-state index contributed by atoms with van der Waals surface area (Å²) in [6.45, 7) is 18.3. The predicted molar refractivity (Wildman–Crippen MR) is 112 cm³/mol. The molecule has 0 saturated carbocycles. The zero-order chi connectivity index (χ0) is 23.6. The molecule has 0 aliphatic rings. The number of imidazole rings is 2. The van der Waals surface area contributed by atoms with E-state index in [2.05, 4.69) is 47.3 Å². The van der Waals surface area contributed by atoms with Crippen LogP contribution in [0, 0.1) is 48.5 Å². The van der Waals surface area contributed by atoms with Gasteiger partial charge in [0.15, 0.2) is 0 Å². The number of nitriles is 2.